The zero-order valence-corrected chi connectivity index (χ0v) is 9.93. The van der Waals surface area contributed by atoms with Crippen LogP contribution < -0.4 is 0 Å². The van der Waals surface area contributed by atoms with E-state index >= 15 is 0 Å². The van der Waals surface area contributed by atoms with E-state index < -0.39 is 0 Å². The summed E-state index contributed by atoms with van der Waals surface area (Å²) >= 11 is 0. The second-order valence-electron chi connectivity index (χ2n) is 4.01. The van der Waals surface area contributed by atoms with E-state index in [-0.39, 0.29) is 5.97 Å². The molecule has 0 saturated heterocycles. The molecule has 90 valence electrons. The summed E-state index contributed by atoms with van der Waals surface area (Å²) in [4.78, 5) is 19.1. The normalized spacial score (nSPS) is 10.9. The molecule has 1 N–H and O–H groups in total. The van der Waals surface area contributed by atoms with Crippen molar-refractivity contribution in [3.63, 3.8) is 0 Å². The molecule has 0 amide bonds. The molecule has 3 aromatic rings. The predicted octanol–water partition coefficient (Wildman–Crippen LogP) is 2.89. The Labute approximate surface area is 104 Å². The van der Waals surface area contributed by atoms with Crippen LogP contribution in [0.5, 0.6) is 0 Å². The molecule has 0 atom stereocenters. The minimum atomic E-state index is -0.300. The van der Waals surface area contributed by atoms with E-state index in [0.717, 1.165) is 21.9 Å². The molecule has 0 bridgehead atoms. The summed E-state index contributed by atoms with van der Waals surface area (Å²) in [5.41, 5.74) is 2.28. The highest BCUT2D eigenvalue weighted by molar-refractivity contribution is 6.07. The first-order valence-electron chi connectivity index (χ1n) is 5.83. The second-order valence-corrected chi connectivity index (χ2v) is 4.01. The average molecular weight is 240 g/mol. The molecule has 0 fully saturated rings. The Kier molecular flexibility index (Phi) is 2.48. The molecule has 2 aromatic heterocycles. The Hall–Kier alpha value is -2.36. The lowest BCUT2D eigenvalue weighted by Crippen LogP contribution is -2.03. The summed E-state index contributed by atoms with van der Waals surface area (Å²) in [6.07, 6.45) is 1.74. The molecule has 4 heteroatoms. The van der Waals surface area contributed by atoms with E-state index in [9.17, 15) is 4.79 Å². The van der Waals surface area contributed by atoms with Gasteiger partial charge in [0.05, 0.1) is 12.2 Å². The molecule has 0 aliphatic rings. The smallest absolute Gasteiger partial charge is 0.338 e. The number of carbonyl (C=O) groups is 1. The van der Waals surface area contributed by atoms with Gasteiger partial charge in [0, 0.05) is 22.5 Å². The molecule has 2 heterocycles. The van der Waals surface area contributed by atoms with Crippen LogP contribution in [0.15, 0.2) is 36.5 Å². The van der Waals surface area contributed by atoms with Crippen molar-refractivity contribution in [3.8, 4) is 0 Å². The fourth-order valence-corrected chi connectivity index (χ4v) is 2.07. The second kappa shape index (κ2) is 4.14. The third-order valence-corrected chi connectivity index (χ3v) is 2.88. The van der Waals surface area contributed by atoms with Gasteiger partial charge in [-0.1, -0.05) is 6.07 Å². The summed E-state index contributed by atoms with van der Waals surface area (Å²) in [7, 11) is 0. The molecule has 1 aromatic carbocycles. The van der Waals surface area contributed by atoms with Gasteiger partial charge in [-0.2, -0.15) is 0 Å². The van der Waals surface area contributed by atoms with Crippen molar-refractivity contribution in [2.75, 3.05) is 6.61 Å². The Bertz CT molecular complexity index is 731. The Morgan fingerprint density at radius 3 is 3.06 bits per heavy atom. The Morgan fingerprint density at radius 2 is 2.22 bits per heavy atom. The number of hydrogen-bond acceptors (Lipinski definition) is 3. The molecule has 0 aliphatic carbocycles. The van der Waals surface area contributed by atoms with Gasteiger partial charge in [0.1, 0.15) is 5.65 Å². The van der Waals surface area contributed by atoms with Crippen LogP contribution in [0.3, 0.4) is 0 Å². The van der Waals surface area contributed by atoms with Crippen LogP contribution in [0.4, 0.5) is 0 Å². The van der Waals surface area contributed by atoms with Gasteiger partial charge in [-0.25, -0.2) is 9.78 Å². The number of benzene rings is 1. The number of esters is 1. The number of pyridine rings is 1. The number of rotatable bonds is 2. The monoisotopic (exact) mass is 240 g/mol. The van der Waals surface area contributed by atoms with Crippen molar-refractivity contribution in [2.24, 2.45) is 0 Å². The van der Waals surface area contributed by atoms with Gasteiger partial charge in [0.2, 0.25) is 0 Å². The van der Waals surface area contributed by atoms with Crippen LogP contribution in [-0.4, -0.2) is 22.5 Å². The lowest BCUT2D eigenvalue weighted by atomic mass is 10.1. The molecule has 0 aliphatic heterocycles. The minimum absolute atomic E-state index is 0.300. The van der Waals surface area contributed by atoms with Crippen LogP contribution in [0.2, 0.25) is 0 Å². The molecule has 0 radical (unpaired) electrons. The van der Waals surface area contributed by atoms with Gasteiger partial charge in [0.25, 0.3) is 0 Å². The van der Waals surface area contributed by atoms with E-state index in [0.29, 0.717) is 12.2 Å². The standard InChI is InChI=1S/C14H12N2O2/c1-2-18-14(17)9-5-6-10-11-4-3-7-15-13(11)16-12(10)8-9/h3-8H,2H2,1H3,(H,15,16). The molecule has 4 nitrogen and oxygen atoms in total. The van der Waals surface area contributed by atoms with Crippen molar-refractivity contribution < 1.29 is 9.53 Å². The highest BCUT2D eigenvalue weighted by Gasteiger charge is 2.10. The summed E-state index contributed by atoms with van der Waals surface area (Å²) in [6, 6.07) is 9.40. The number of aromatic nitrogens is 2. The highest BCUT2D eigenvalue weighted by atomic mass is 16.5. The van der Waals surface area contributed by atoms with Crippen molar-refractivity contribution in [1.29, 1.82) is 0 Å². The van der Waals surface area contributed by atoms with Crippen molar-refractivity contribution >= 4 is 27.9 Å². The largest absolute Gasteiger partial charge is 0.462 e. The van der Waals surface area contributed by atoms with Crippen LogP contribution in [-0.2, 0) is 4.74 Å². The maximum Gasteiger partial charge on any atom is 0.338 e. The van der Waals surface area contributed by atoms with Crippen LogP contribution in [0, 0.1) is 0 Å². The molecule has 0 spiro atoms. The van der Waals surface area contributed by atoms with Crippen molar-refractivity contribution in [3.05, 3.63) is 42.1 Å². The number of fused-ring (bicyclic) bond motifs is 3. The fourth-order valence-electron chi connectivity index (χ4n) is 2.07. The summed E-state index contributed by atoms with van der Waals surface area (Å²) in [5.74, 6) is -0.300. The average Bonchev–Trinajstić information content (AvgIpc) is 2.76. The number of nitrogens with one attached hydrogen (secondary N) is 1. The zero-order valence-electron chi connectivity index (χ0n) is 9.93. The van der Waals surface area contributed by atoms with Gasteiger partial charge in [-0.05, 0) is 31.2 Å². The SMILES string of the molecule is CCOC(=O)c1ccc2c(c1)[nH]c1ncccc12. The molecule has 3 rings (SSSR count). The van der Waals surface area contributed by atoms with Crippen molar-refractivity contribution in [1.82, 2.24) is 9.97 Å². The zero-order chi connectivity index (χ0) is 12.5. The van der Waals surface area contributed by atoms with E-state index in [1.54, 1.807) is 25.3 Å². The van der Waals surface area contributed by atoms with E-state index in [4.69, 9.17) is 4.74 Å². The summed E-state index contributed by atoms with van der Waals surface area (Å²) in [6.45, 7) is 2.18. The van der Waals surface area contributed by atoms with Gasteiger partial charge in [-0.15, -0.1) is 0 Å². The fraction of sp³-hybridized carbons (Fsp3) is 0.143. The third-order valence-electron chi connectivity index (χ3n) is 2.88. The predicted molar refractivity (Wildman–Crippen MR) is 69.6 cm³/mol. The maximum absolute atomic E-state index is 11.7. The number of H-pyrrole nitrogens is 1. The lowest BCUT2D eigenvalue weighted by Gasteiger charge is -2.01. The van der Waals surface area contributed by atoms with E-state index in [2.05, 4.69) is 9.97 Å². The number of carbonyl (C=O) groups excluding carboxylic acids is 1. The van der Waals surface area contributed by atoms with E-state index in [1.165, 1.54) is 0 Å². The molecular weight excluding hydrogens is 228 g/mol. The highest BCUT2D eigenvalue weighted by Crippen LogP contribution is 2.24. The number of ether oxygens (including phenoxy) is 1. The van der Waals surface area contributed by atoms with Gasteiger partial charge in [-0.3, -0.25) is 0 Å². The molecular formula is C14H12N2O2. The number of aromatic amines is 1. The van der Waals surface area contributed by atoms with Crippen LogP contribution >= 0.6 is 0 Å². The first kappa shape index (κ1) is 10.8. The molecule has 0 saturated carbocycles. The van der Waals surface area contributed by atoms with Crippen LogP contribution in [0.1, 0.15) is 17.3 Å². The quantitative estimate of drug-likeness (QED) is 0.701. The summed E-state index contributed by atoms with van der Waals surface area (Å²) < 4.78 is 4.98. The van der Waals surface area contributed by atoms with Gasteiger partial charge < -0.3 is 9.72 Å². The Balaban J connectivity index is 2.18. The third kappa shape index (κ3) is 1.62. The topological polar surface area (TPSA) is 55.0 Å². The van der Waals surface area contributed by atoms with Crippen molar-refractivity contribution in [2.45, 2.75) is 6.92 Å². The van der Waals surface area contributed by atoms with Crippen LogP contribution in [0.25, 0.3) is 21.9 Å². The first-order chi connectivity index (χ1) is 8.79. The maximum atomic E-state index is 11.7. The first-order valence-corrected chi connectivity index (χ1v) is 5.83. The number of hydrogen-bond donors (Lipinski definition) is 1. The van der Waals surface area contributed by atoms with Gasteiger partial charge >= 0.3 is 5.97 Å². The molecule has 18 heavy (non-hydrogen) atoms. The minimum Gasteiger partial charge on any atom is -0.462 e. The Morgan fingerprint density at radius 1 is 1.33 bits per heavy atom. The van der Waals surface area contributed by atoms with Gasteiger partial charge in [0.15, 0.2) is 0 Å². The summed E-state index contributed by atoms with van der Waals surface area (Å²) in [5, 5.41) is 2.12. The lowest BCUT2D eigenvalue weighted by molar-refractivity contribution is 0.0526. The number of nitrogens with zero attached hydrogens (tertiary/aromatic N) is 1. The molecule has 0 unspecified atom stereocenters. The van der Waals surface area contributed by atoms with E-state index in [1.807, 2.05) is 18.2 Å².